The number of likely N-dealkylation sites (N-methyl/N-ethyl adjacent to an activating group) is 1. The molecule has 0 bridgehead atoms. The maximum atomic E-state index is 12.4. The summed E-state index contributed by atoms with van der Waals surface area (Å²) in [6.07, 6.45) is 2.51. The highest BCUT2D eigenvalue weighted by Crippen LogP contribution is 2.35. The van der Waals surface area contributed by atoms with Gasteiger partial charge in [0.2, 0.25) is 0 Å². The molecule has 3 rings (SSSR count). The lowest BCUT2D eigenvalue weighted by atomic mass is 10.1. The second-order valence-electron chi connectivity index (χ2n) is 6.96. The fraction of sp³-hybridized carbons (Fsp3) is 0.400. The molecule has 0 spiro atoms. The first-order valence-electron chi connectivity index (χ1n) is 9.53. The van der Waals surface area contributed by atoms with E-state index < -0.39 is 5.91 Å². The average molecular weight is 389 g/mol. The van der Waals surface area contributed by atoms with Gasteiger partial charge in [0.1, 0.15) is 17.6 Å². The molecule has 0 aliphatic carbocycles. The first kappa shape index (κ1) is 19.5. The Balaban J connectivity index is 1.60. The number of quaternary nitrogens is 2. The van der Waals surface area contributed by atoms with Gasteiger partial charge in [-0.1, -0.05) is 30.3 Å². The minimum Gasteiger partial charge on any atom is -0.366 e. The zero-order valence-electron chi connectivity index (χ0n) is 15.7. The van der Waals surface area contributed by atoms with Crippen LogP contribution in [0.25, 0.3) is 10.4 Å². The molecule has 1 unspecified atom stereocenters. The molecule has 1 aliphatic rings. The molecule has 2 amide bonds. The van der Waals surface area contributed by atoms with Crippen molar-refractivity contribution in [2.45, 2.75) is 25.8 Å². The van der Waals surface area contributed by atoms with Crippen molar-refractivity contribution >= 4 is 28.2 Å². The molecular weight excluding hydrogens is 360 g/mol. The highest BCUT2D eigenvalue weighted by atomic mass is 32.1. The molecule has 1 aliphatic heterocycles. The first-order chi connectivity index (χ1) is 13.1. The van der Waals surface area contributed by atoms with Crippen molar-refractivity contribution in [1.82, 2.24) is 0 Å². The zero-order chi connectivity index (χ0) is 19.2. The van der Waals surface area contributed by atoms with Gasteiger partial charge in [-0.05, 0) is 18.6 Å². The Hall–Kier alpha value is -2.22. The number of hydrogen-bond acceptors (Lipinski definition) is 3. The number of primary amides is 1. The van der Waals surface area contributed by atoms with Crippen LogP contribution < -0.4 is 21.3 Å². The lowest BCUT2D eigenvalue weighted by molar-refractivity contribution is -0.923. The summed E-state index contributed by atoms with van der Waals surface area (Å²) in [5, 5.41) is 5.47. The average Bonchev–Trinajstić information content (AvgIpc) is 3.29. The summed E-state index contributed by atoms with van der Waals surface area (Å²) in [7, 11) is 0. The molecule has 1 fully saturated rings. The second-order valence-corrected chi connectivity index (χ2v) is 8.01. The molecular formula is C20H28N4O2S+2. The number of hydrogen-bond donors (Lipinski definition) is 4. The third-order valence-electron chi connectivity index (χ3n) is 5.17. The van der Waals surface area contributed by atoms with Crippen LogP contribution >= 0.6 is 11.3 Å². The van der Waals surface area contributed by atoms with Gasteiger partial charge in [-0.3, -0.25) is 9.59 Å². The Labute approximate surface area is 163 Å². The van der Waals surface area contributed by atoms with E-state index in [-0.39, 0.29) is 5.91 Å². The number of carbonyl (C=O) groups excluding carboxylic acids is 2. The van der Waals surface area contributed by atoms with E-state index in [9.17, 15) is 9.59 Å². The molecule has 27 heavy (non-hydrogen) atoms. The van der Waals surface area contributed by atoms with Crippen LogP contribution in [0.1, 0.15) is 30.1 Å². The van der Waals surface area contributed by atoms with Crippen molar-refractivity contribution in [1.29, 1.82) is 0 Å². The van der Waals surface area contributed by atoms with E-state index in [1.165, 1.54) is 30.7 Å². The first-order valence-corrected chi connectivity index (χ1v) is 10.3. The van der Waals surface area contributed by atoms with Gasteiger partial charge in [-0.2, -0.15) is 0 Å². The third-order valence-corrected chi connectivity index (χ3v) is 6.27. The Morgan fingerprint density at radius 1 is 1.33 bits per heavy atom. The molecule has 1 aromatic carbocycles. The fourth-order valence-electron chi connectivity index (χ4n) is 3.74. The molecule has 7 heteroatoms. The predicted octanol–water partition coefficient (Wildman–Crippen LogP) is 0.0831. The molecule has 6 nitrogen and oxygen atoms in total. The maximum absolute atomic E-state index is 12.4. The van der Waals surface area contributed by atoms with Crippen molar-refractivity contribution < 1.29 is 19.8 Å². The van der Waals surface area contributed by atoms with E-state index in [4.69, 9.17) is 5.73 Å². The lowest BCUT2D eigenvalue weighted by Crippen LogP contribution is -3.16. The van der Waals surface area contributed by atoms with Crippen molar-refractivity contribution in [2.24, 2.45) is 5.73 Å². The van der Waals surface area contributed by atoms with Crippen molar-refractivity contribution in [3.8, 4) is 10.4 Å². The lowest BCUT2D eigenvalue weighted by Gasteiger charge is -2.18. The summed E-state index contributed by atoms with van der Waals surface area (Å²) in [4.78, 5) is 26.7. The Morgan fingerprint density at radius 2 is 2.11 bits per heavy atom. The summed E-state index contributed by atoms with van der Waals surface area (Å²) in [6.45, 7) is 5.90. The van der Waals surface area contributed by atoms with E-state index in [0.717, 1.165) is 23.5 Å². The van der Waals surface area contributed by atoms with Gasteiger partial charge in [-0.25, -0.2) is 0 Å². The van der Waals surface area contributed by atoms with Crippen LogP contribution in [0.4, 0.5) is 5.00 Å². The normalized spacial score (nSPS) is 19.1. The summed E-state index contributed by atoms with van der Waals surface area (Å²) >= 11 is 1.38. The van der Waals surface area contributed by atoms with E-state index in [0.29, 0.717) is 23.2 Å². The molecule has 1 aromatic heterocycles. The Morgan fingerprint density at radius 3 is 2.81 bits per heavy atom. The number of anilines is 1. The number of amides is 2. The molecule has 1 saturated heterocycles. The minimum absolute atomic E-state index is 0.102. The summed E-state index contributed by atoms with van der Waals surface area (Å²) < 4.78 is 0. The van der Waals surface area contributed by atoms with Gasteiger partial charge in [0.15, 0.2) is 6.54 Å². The predicted molar refractivity (Wildman–Crippen MR) is 108 cm³/mol. The molecule has 2 atom stereocenters. The van der Waals surface area contributed by atoms with E-state index in [1.54, 1.807) is 11.0 Å². The standard InChI is InChI=1S/C20H26N4O2S/c1-2-24-10-6-9-15(24)12-22-13-18(25)23-20-16(19(21)26)11-17(27-20)14-7-4-3-5-8-14/h3-5,7-8,11,15,22H,2,6,9-10,12-13H2,1H3,(H2,21,26)(H,23,25)/p+2/t15-/m1/s1. The largest absolute Gasteiger partial charge is 0.366 e. The number of nitrogens with one attached hydrogen (secondary N) is 2. The molecule has 6 N–H and O–H groups in total. The van der Waals surface area contributed by atoms with Gasteiger partial charge >= 0.3 is 0 Å². The van der Waals surface area contributed by atoms with E-state index in [2.05, 4.69) is 17.6 Å². The van der Waals surface area contributed by atoms with Crippen LogP contribution in [-0.4, -0.2) is 44.0 Å². The number of rotatable bonds is 8. The molecule has 0 radical (unpaired) electrons. The van der Waals surface area contributed by atoms with Crippen LogP contribution in [-0.2, 0) is 4.79 Å². The molecule has 2 aromatic rings. The minimum atomic E-state index is -0.527. The fourth-order valence-corrected chi connectivity index (χ4v) is 4.82. The Bertz CT molecular complexity index is 791. The van der Waals surface area contributed by atoms with Gasteiger partial charge in [0.05, 0.1) is 18.7 Å². The highest BCUT2D eigenvalue weighted by Gasteiger charge is 2.28. The van der Waals surface area contributed by atoms with Crippen LogP contribution in [0.2, 0.25) is 0 Å². The summed E-state index contributed by atoms with van der Waals surface area (Å²) in [5.74, 6) is -0.629. The van der Waals surface area contributed by atoms with Gasteiger partial charge in [0.25, 0.3) is 11.8 Å². The Kier molecular flexibility index (Phi) is 6.60. The number of carbonyl (C=O) groups is 2. The smallest absolute Gasteiger partial charge is 0.280 e. The molecule has 0 saturated carbocycles. The van der Waals surface area contributed by atoms with Gasteiger partial charge < -0.3 is 21.3 Å². The maximum Gasteiger partial charge on any atom is 0.280 e. The number of likely N-dealkylation sites (tertiary alicyclic amines) is 1. The highest BCUT2D eigenvalue weighted by molar-refractivity contribution is 7.20. The van der Waals surface area contributed by atoms with E-state index >= 15 is 0 Å². The summed E-state index contributed by atoms with van der Waals surface area (Å²) in [6, 6.07) is 12.2. The van der Waals surface area contributed by atoms with Crippen molar-refractivity contribution in [3.63, 3.8) is 0 Å². The topological polar surface area (TPSA) is 93.2 Å². The SMILES string of the molecule is CC[NH+]1CCC[C@@H]1C[NH2+]CC(=O)Nc1sc(-c2ccccc2)cc1C(N)=O. The molecule has 2 heterocycles. The monoisotopic (exact) mass is 388 g/mol. The van der Waals surface area contributed by atoms with Crippen LogP contribution in [0.5, 0.6) is 0 Å². The number of thiophene rings is 1. The molecule has 144 valence electrons. The summed E-state index contributed by atoms with van der Waals surface area (Å²) in [5.41, 5.74) is 6.87. The van der Waals surface area contributed by atoms with Gasteiger partial charge in [0, 0.05) is 17.7 Å². The van der Waals surface area contributed by atoms with Crippen molar-refractivity contribution in [2.75, 3.05) is 31.5 Å². The third kappa shape index (κ3) is 4.94. The van der Waals surface area contributed by atoms with Crippen molar-refractivity contribution in [3.05, 3.63) is 42.0 Å². The second kappa shape index (κ2) is 9.12. The van der Waals surface area contributed by atoms with Crippen LogP contribution in [0, 0.1) is 0 Å². The van der Waals surface area contributed by atoms with Crippen LogP contribution in [0.3, 0.4) is 0 Å². The van der Waals surface area contributed by atoms with E-state index in [1.807, 2.05) is 30.3 Å². The van der Waals surface area contributed by atoms with Gasteiger partial charge in [-0.15, -0.1) is 11.3 Å². The van der Waals surface area contributed by atoms with Crippen LogP contribution in [0.15, 0.2) is 36.4 Å². The number of nitrogens with two attached hydrogens (primary N) is 2. The number of benzene rings is 1. The quantitative estimate of drug-likeness (QED) is 0.516. The zero-order valence-corrected chi connectivity index (χ0v) is 16.5.